The second-order valence-electron chi connectivity index (χ2n) is 10.1. The van der Waals surface area contributed by atoms with Crippen LogP contribution >= 0.6 is 0 Å². The number of pyridine rings is 1. The normalized spacial score (nSPS) is 20.6. The molecular weight excluding hydrogens is 424 g/mol. The lowest BCUT2D eigenvalue weighted by Crippen LogP contribution is -2.51. The fraction of sp³-hybridized carbons (Fsp3) is 0.536. The molecule has 1 aromatic heterocycles. The van der Waals surface area contributed by atoms with Crippen LogP contribution < -0.4 is 0 Å². The molecule has 2 aliphatic heterocycles. The summed E-state index contributed by atoms with van der Waals surface area (Å²) in [5.74, 6) is 0.419. The van der Waals surface area contributed by atoms with E-state index in [4.69, 9.17) is 4.98 Å². The van der Waals surface area contributed by atoms with E-state index >= 15 is 0 Å². The lowest BCUT2D eigenvalue weighted by molar-refractivity contribution is 0.0568. The zero-order chi connectivity index (χ0) is 23.5. The largest absolute Gasteiger partial charge is 0.339 e. The number of hydrogen-bond acceptors (Lipinski definition) is 4. The Morgan fingerprint density at radius 2 is 1.41 bits per heavy atom. The first-order valence-electron chi connectivity index (χ1n) is 13.0. The molecule has 0 radical (unpaired) electrons. The SMILES string of the molecule is Cc1ccc(C(=O)N2CCN(C3CCCC3)CC2)c(C2CCN(C(=O)c3ccccc3)CC2)n1. The molecule has 1 aliphatic carbocycles. The highest BCUT2D eigenvalue weighted by Gasteiger charge is 2.32. The van der Waals surface area contributed by atoms with E-state index in [0.717, 1.165) is 67.6 Å². The number of amides is 2. The molecule has 0 atom stereocenters. The van der Waals surface area contributed by atoms with Crippen LogP contribution in [0.15, 0.2) is 42.5 Å². The van der Waals surface area contributed by atoms with Crippen molar-refractivity contribution in [3.63, 3.8) is 0 Å². The molecule has 34 heavy (non-hydrogen) atoms. The molecule has 0 spiro atoms. The molecule has 0 bridgehead atoms. The summed E-state index contributed by atoms with van der Waals surface area (Å²) in [6.45, 7) is 6.94. The molecule has 6 heteroatoms. The molecule has 0 unspecified atom stereocenters. The number of piperidine rings is 1. The smallest absolute Gasteiger partial charge is 0.255 e. The van der Waals surface area contributed by atoms with Gasteiger partial charge in [0, 0.05) is 62.5 Å². The number of nitrogens with zero attached hydrogens (tertiary/aromatic N) is 4. The summed E-state index contributed by atoms with van der Waals surface area (Å²) in [5.41, 5.74) is 3.37. The van der Waals surface area contributed by atoms with Gasteiger partial charge in [0.15, 0.2) is 0 Å². The fourth-order valence-electron chi connectivity index (χ4n) is 5.92. The molecular formula is C28H36N4O2. The van der Waals surface area contributed by atoms with Gasteiger partial charge in [0.05, 0.1) is 11.3 Å². The summed E-state index contributed by atoms with van der Waals surface area (Å²) < 4.78 is 0. The van der Waals surface area contributed by atoms with Crippen LogP contribution in [0.2, 0.25) is 0 Å². The predicted molar refractivity (Wildman–Crippen MR) is 133 cm³/mol. The van der Waals surface area contributed by atoms with Gasteiger partial charge < -0.3 is 9.80 Å². The third kappa shape index (κ3) is 4.88. The monoisotopic (exact) mass is 460 g/mol. The Morgan fingerprint density at radius 1 is 0.765 bits per heavy atom. The van der Waals surface area contributed by atoms with Crippen LogP contribution in [0.4, 0.5) is 0 Å². The van der Waals surface area contributed by atoms with Gasteiger partial charge in [-0.05, 0) is 56.9 Å². The summed E-state index contributed by atoms with van der Waals surface area (Å²) in [5, 5.41) is 0. The van der Waals surface area contributed by atoms with Crippen LogP contribution in [0, 0.1) is 6.92 Å². The first-order chi connectivity index (χ1) is 16.6. The van der Waals surface area contributed by atoms with Crippen molar-refractivity contribution in [3.05, 3.63) is 65.0 Å². The molecule has 3 aliphatic rings. The third-order valence-electron chi connectivity index (χ3n) is 7.93. The molecule has 2 amide bonds. The van der Waals surface area contributed by atoms with Crippen molar-refractivity contribution in [2.75, 3.05) is 39.3 Å². The van der Waals surface area contributed by atoms with Crippen LogP contribution in [0.1, 0.15) is 76.5 Å². The van der Waals surface area contributed by atoms with Crippen molar-refractivity contribution in [2.24, 2.45) is 0 Å². The lowest BCUT2D eigenvalue weighted by atomic mass is 9.89. The van der Waals surface area contributed by atoms with Gasteiger partial charge >= 0.3 is 0 Å². The van der Waals surface area contributed by atoms with Gasteiger partial charge in [-0.3, -0.25) is 19.5 Å². The Balaban J connectivity index is 1.24. The number of rotatable bonds is 4. The van der Waals surface area contributed by atoms with Gasteiger partial charge in [-0.1, -0.05) is 31.0 Å². The van der Waals surface area contributed by atoms with Crippen LogP contribution in [0.3, 0.4) is 0 Å². The minimum Gasteiger partial charge on any atom is -0.339 e. The Kier molecular flexibility index (Phi) is 6.95. The van der Waals surface area contributed by atoms with Crippen molar-refractivity contribution in [3.8, 4) is 0 Å². The second kappa shape index (κ2) is 10.3. The Morgan fingerprint density at radius 3 is 2.09 bits per heavy atom. The van der Waals surface area contributed by atoms with Crippen LogP contribution in [0.25, 0.3) is 0 Å². The first-order valence-corrected chi connectivity index (χ1v) is 13.0. The van der Waals surface area contributed by atoms with Crippen molar-refractivity contribution in [1.82, 2.24) is 19.7 Å². The fourth-order valence-corrected chi connectivity index (χ4v) is 5.92. The van der Waals surface area contributed by atoms with Crippen molar-refractivity contribution in [2.45, 2.75) is 57.4 Å². The average Bonchev–Trinajstić information content (AvgIpc) is 3.44. The number of likely N-dealkylation sites (tertiary alicyclic amines) is 1. The zero-order valence-corrected chi connectivity index (χ0v) is 20.3. The summed E-state index contributed by atoms with van der Waals surface area (Å²) >= 11 is 0. The maximum atomic E-state index is 13.6. The second-order valence-corrected chi connectivity index (χ2v) is 10.1. The van der Waals surface area contributed by atoms with Gasteiger partial charge in [0.2, 0.25) is 0 Å². The molecule has 3 heterocycles. The van der Waals surface area contributed by atoms with Crippen molar-refractivity contribution < 1.29 is 9.59 Å². The molecule has 1 aromatic carbocycles. The van der Waals surface area contributed by atoms with E-state index in [0.29, 0.717) is 13.1 Å². The maximum absolute atomic E-state index is 13.6. The van der Waals surface area contributed by atoms with Crippen molar-refractivity contribution >= 4 is 11.8 Å². The Bertz CT molecular complexity index is 1000. The Labute approximate surface area is 202 Å². The van der Waals surface area contributed by atoms with E-state index in [1.165, 1.54) is 25.7 Å². The average molecular weight is 461 g/mol. The number of aromatic nitrogens is 1. The first kappa shape index (κ1) is 23.0. The number of piperazine rings is 1. The molecule has 5 rings (SSSR count). The molecule has 0 N–H and O–H groups in total. The van der Waals surface area contributed by atoms with Gasteiger partial charge in [0.25, 0.3) is 11.8 Å². The topological polar surface area (TPSA) is 56.8 Å². The zero-order valence-electron chi connectivity index (χ0n) is 20.3. The van der Waals surface area contributed by atoms with E-state index in [9.17, 15) is 9.59 Å². The highest BCUT2D eigenvalue weighted by atomic mass is 16.2. The van der Waals surface area contributed by atoms with E-state index in [2.05, 4.69) is 4.90 Å². The minimum atomic E-state index is 0.0904. The minimum absolute atomic E-state index is 0.0904. The summed E-state index contributed by atoms with van der Waals surface area (Å²) in [6, 6.07) is 14.1. The number of carbonyl (C=O) groups is 2. The molecule has 6 nitrogen and oxygen atoms in total. The van der Waals surface area contributed by atoms with Crippen molar-refractivity contribution in [1.29, 1.82) is 0 Å². The highest BCUT2D eigenvalue weighted by molar-refractivity contribution is 5.96. The van der Waals surface area contributed by atoms with E-state index < -0.39 is 0 Å². The van der Waals surface area contributed by atoms with Gasteiger partial charge in [-0.15, -0.1) is 0 Å². The highest BCUT2D eigenvalue weighted by Crippen LogP contribution is 2.31. The van der Waals surface area contributed by atoms with Gasteiger partial charge in [-0.2, -0.15) is 0 Å². The summed E-state index contributed by atoms with van der Waals surface area (Å²) in [6.07, 6.45) is 6.99. The van der Waals surface area contributed by atoms with Crippen LogP contribution in [-0.2, 0) is 0 Å². The number of carbonyl (C=O) groups excluding carboxylic acids is 2. The molecule has 180 valence electrons. The number of benzene rings is 1. The van der Waals surface area contributed by atoms with E-state index in [1.807, 2.05) is 59.2 Å². The van der Waals surface area contributed by atoms with Gasteiger partial charge in [-0.25, -0.2) is 0 Å². The van der Waals surface area contributed by atoms with Crippen LogP contribution in [0.5, 0.6) is 0 Å². The lowest BCUT2D eigenvalue weighted by Gasteiger charge is -2.38. The summed E-state index contributed by atoms with van der Waals surface area (Å²) in [4.78, 5) is 37.8. The quantitative estimate of drug-likeness (QED) is 0.689. The number of aryl methyl sites for hydroxylation is 1. The standard InChI is InChI=1S/C28H36N4O2/c1-21-11-12-25(28(34)32-19-17-30(18-20-32)24-9-5-6-10-24)26(29-21)22-13-15-31(16-14-22)27(33)23-7-3-2-4-8-23/h2-4,7-8,11-12,22,24H,5-6,9-10,13-20H2,1H3. The molecule has 1 saturated carbocycles. The van der Waals surface area contributed by atoms with E-state index in [-0.39, 0.29) is 17.7 Å². The molecule has 2 saturated heterocycles. The van der Waals surface area contributed by atoms with Gasteiger partial charge in [0.1, 0.15) is 0 Å². The predicted octanol–water partition coefficient (Wildman–Crippen LogP) is 4.11. The van der Waals surface area contributed by atoms with E-state index in [1.54, 1.807) is 0 Å². The summed E-state index contributed by atoms with van der Waals surface area (Å²) in [7, 11) is 0. The number of hydrogen-bond donors (Lipinski definition) is 0. The molecule has 2 aromatic rings. The maximum Gasteiger partial charge on any atom is 0.255 e. The van der Waals surface area contributed by atoms with Crippen LogP contribution in [-0.4, -0.2) is 76.8 Å². The Hall–Kier alpha value is -2.73. The molecule has 3 fully saturated rings. The third-order valence-corrected chi connectivity index (χ3v) is 7.93.